The molecule has 0 aliphatic rings. The molecule has 1 amide bonds. The smallest absolute Gasteiger partial charge is 0.324 e. The maximum Gasteiger partial charge on any atom is 0.324 e. The summed E-state index contributed by atoms with van der Waals surface area (Å²) in [5, 5.41) is 15.7. The number of aryl methyl sites for hydroxylation is 1. The van der Waals surface area contributed by atoms with Crippen LogP contribution in [0.4, 0.5) is 10.7 Å². The van der Waals surface area contributed by atoms with Gasteiger partial charge in [-0.2, -0.15) is 0 Å². The Morgan fingerprint density at radius 2 is 1.85 bits per heavy atom. The van der Waals surface area contributed by atoms with Crippen LogP contribution in [0.2, 0.25) is 0 Å². The largest absolute Gasteiger partial charge is 1.00 e. The third kappa shape index (κ3) is 5.11. The summed E-state index contributed by atoms with van der Waals surface area (Å²) in [6.07, 6.45) is 0. The summed E-state index contributed by atoms with van der Waals surface area (Å²) in [4.78, 5) is 30.5. The van der Waals surface area contributed by atoms with Gasteiger partial charge in [0, 0.05) is 16.8 Å². The van der Waals surface area contributed by atoms with Crippen LogP contribution in [0.25, 0.3) is 21.8 Å². The van der Waals surface area contributed by atoms with Gasteiger partial charge in [-0.05, 0) is 31.5 Å². The van der Waals surface area contributed by atoms with Gasteiger partial charge < -0.3 is 28.4 Å². The van der Waals surface area contributed by atoms with Crippen molar-refractivity contribution in [2.24, 2.45) is 0 Å². The van der Waals surface area contributed by atoms with Gasteiger partial charge in [0.25, 0.3) is 5.91 Å². The first-order valence-electron chi connectivity index (χ1n) is 10.8. The average molecular weight is 500 g/mol. The van der Waals surface area contributed by atoms with Crippen LogP contribution in [-0.4, -0.2) is 35.4 Å². The van der Waals surface area contributed by atoms with Crippen molar-refractivity contribution in [3.63, 3.8) is 0 Å². The molecule has 0 spiro atoms. The van der Waals surface area contributed by atoms with Gasteiger partial charge in [-0.1, -0.05) is 41.7 Å². The van der Waals surface area contributed by atoms with E-state index in [9.17, 15) is 14.9 Å². The highest BCUT2D eigenvalue weighted by Crippen LogP contribution is 2.31. The molecule has 1 unspecified atom stereocenters. The molecule has 178 valence electrons. The number of nitrogen functional groups attached to an aromatic ring is 1. The second kappa shape index (κ2) is 10.8. The van der Waals surface area contributed by atoms with Gasteiger partial charge in [-0.25, -0.2) is 4.98 Å². The van der Waals surface area contributed by atoms with Gasteiger partial charge in [0.05, 0.1) is 51.7 Å². The molecule has 2 heterocycles. The number of fused-ring (bicyclic) bond motifs is 2. The second-order valence-corrected chi connectivity index (χ2v) is 9.13. The molecule has 8 nitrogen and oxygen atoms in total. The van der Waals surface area contributed by atoms with Gasteiger partial charge in [0.15, 0.2) is 0 Å². The summed E-state index contributed by atoms with van der Waals surface area (Å²) in [6.45, 7) is 6.75. The van der Waals surface area contributed by atoms with Gasteiger partial charge in [0.1, 0.15) is 6.54 Å². The molecule has 4 rings (SSSR count). The Bertz CT molecular complexity index is 1360. The number of nitrogens with zero attached hydrogens (tertiary/aromatic N) is 2. The SMILES string of the molecule is CC[NH+](CCNC(=O)c1cccc2c(N)c3cccc(C)c3nc12)Cc1ccc([N+](=O)[O-])s1.[Cl-]. The lowest BCUT2D eigenvalue weighted by Gasteiger charge is -2.17. The summed E-state index contributed by atoms with van der Waals surface area (Å²) < 4.78 is 0. The predicted molar refractivity (Wildman–Crippen MR) is 132 cm³/mol. The summed E-state index contributed by atoms with van der Waals surface area (Å²) in [6, 6.07) is 14.7. The van der Waals surface area contributed by atoms with Crippen LogP contribution in [0.5, 0.6) is 0 Å². The number of quaternary nitrogens is 1. The molecule has 0 radical (unpaired) electrons. The molecule has 0 bridgehead atoms. The van der Waals surface area contributed by atoms with E-state index >= 15 is 0 Å². The highest BCUT2D eigenvalue weighted by atomic mass is 35.5. The third-order valence-corrected chi connectivity index (χ3v) is 6.88. The summed E-state index contributed by atoms with van der Waals surface area (Å²) >= 11 is 1.20. The summed E-state index contributed by atoms with van der Waals surface area (Å²) in [5.74, 6) is -0.192. The van der Waals surface area contributed by atoms with E-state index in [1.807, 2.05) is 37.3 Å². The number of pyridine rings is 1. The lowest BCUT2D eigenvalue weighted by atomic mass is 10.0. The van der Waals surface area contributed by atoms with Crippen molar-refractivity contribution in [1.82, 2.24) is 10.3 Å². The minimum absolute atomic E-state index is 0. The number of thiophene rings is 1. The Morgan fingerprint density at radius 1 is 1.15 bits per heavy atom. The molecule has 0 saturated carbocycles. The number of anilines is 1. The van der Waals surface area contributed by atoms with Crippen molar-refractivity contribution in [2.75, 3.05) is 25.4 Å². The van der Waals surface area contributed by atoms with E-state index in [1.165, 1.54) is 16.2 Å². The molecule has 34 heavy (non-hydrogen) atoms. The number of halogens is 1. The van der Waals surface area contributed by atoms with Crippen LogP contribution in [0.15, 0.2) is 48.5 Å². The van der Waals surface area contributed by atoms with Gasteiger partial charge in [-0.15, -0.1) is 0 Å². The highest BCUT2D eigenvalue weighted by Gasteiger charge is 2.17. The molecule has 2 aromatic carbocycles. The van der Waals surface area contributed by atoms with Crippen molar-refractivity contribution in [2.45, 2.75) is 20.4 Å². The third-order valence-electron chi connectivity index (χ3n) is 5.84. The number of carbonyl (C=O) groups is 1. The molecule has 2 aromatic heterocycles. The number of para-hydroxylation sites is 2. The maximum absolute atomic E-state index is 13.0. The van der Waals surface area contributed by atoms with Crippen LogP contribution < -0.4 is 28.4 Å². The number of amides is 1. The van der Waals surface area contributed by atoms with Crippen molar-refractivity contribution in [3.05, 3.63) is 74.6 Å². The molecule has 4 aromatic rings. The first kappa shape index (κ1) is 25.4. The van der Waals surface area contributed by atoms with Crippen molar-refractivity contribution in [1.29, 1.82) is 0 Å². The Kier molecular flexibility index (Phi) is 8.03. The zero-order valence-electron chi connectivity index (χ0n) is 18.9. The fourth-order valence-corrected chi connectivity index (χ4v) is 4.88. The van der Waals surface area contributed by atoms with E-state index in [-0.39, 0.29) is 28.2 Å². The lowest BCUT2D eigenvalue weighted by molar-refractivity contribution is -0.910. The first-order chi connectivity index (χ1) is 15.9. The zero-order chi connectivity index (χ0) is 23.5. The number of likely N-dealkylation sites (N-methyl/N-ethyl adjacent to an activating group) is 1. The van der Waals surface area contributed by atoms with Gasteiger partial charge in [-0.3, -0.25) is 14.9 Å². The maximum atomic E-state index is 13.0. The molecule has 0 aliphatic carbocycles. The molecular weight excluding hydrogens is 474 g/mol. The number of benzene rings is 2. The summed E-state index contributed by atoms with van der Waals surface area (Å²) in [7, 11) is 0. The van der Waals surface area contributed by atoms with E-state index < -0.39 is 0 Å². The van der Waals surface area contributed by atoms with Crippen molar-refractivity contribution < 1.29 is 27.0 Å². The van der Waals surface area contributed by atoms with Crippen molar-refractivity contribution in [3.8, 4) is 0 Å². The fraction of sp³-hybridized carbons (Fsp3) is 0.250. The molecule has 0 saturated heterocycles. The predicted octanol–water partition coefficient (Wildman–Crippen LogP) is 0.0871. The fourth-order valence-electron chi connectivity index (χ4n) is 3.99. The summed E-state index contributed by atoms with van der Waals surface area (Å²) in [5.41, 5.74) is 9.95. The number of nitro groups is 1. The van der Waals surface area contributed by atoms with Crippen LogP contribution in [-0.2, 0) is 6.54 Å². The topological polar surface area (TPSA) is 116 Å². The standard InChI is InChI=1S/C24H25N5O3S.ClH/c1-3-28(14-16-10-11-20(33-16)29(31)32)13-12-26-24(30)19-9-5-8-18-21(25)17-7-4-6-15(2)22(17)27-23(18)19;/h4-11H,3,12-14H2,1-2H3,(H2,25,27)(H,26,30);1H. The molecule has 0 aliphatic heterocycles. The number of carbonyl (C=O) groups excluding carboxylic acids is 1. The number of rotatable bonds is 8. The van der Waals surface area contributed by atoms with Crippen LogP contribution in [0.3, 0.4) is 0 Å². The minimum Gasteiger partial charge on any atom is -1.00 e. The number of nitrogens with two attached hydrogens (primary N) is 1. The van der Waals surface area contributed by atoms with Crippen LogP contribution in [0.1, 0.15) is 27.7 Å². The molecule has 0 fully saturated rings. The quantitative estimate of drug-likeness (QED) is 0.180. The van der Waals surface area contributed by atoms with Crippen molar-refractivity contribution >= 4 is 49.7 Å². The van der Waals surface area contributed by atoms with Crippen LogP contribution in [0, 0.1) is 17.0 Å². The average Bonchev–Trinajstić information content (AvgIpc) is 3.28. The number of hydrogen-bond acceptors (Lipinski definition) is 6. The normalized spacial score (nSPS) is 11.8. The van der Waals surface area contributed by atoms with Gasteiger partial charge in [0.2, 0.25) is 0 Å². The Hall–Kier alpha value is -3.27. The zero-order valence-corrected chi connectivity index (χ0v) is 20.5. The highest BCUT2D eigenvalue weighted by molar-refractivity contribution is 7.15. The Balaban J connectivity index is 0.00000324. The Morgan fingerprint density at radius 3 is 2.53 bits per heavy atom. The minimum atomic E-state index is -0.365. The van der Waals surface area contributed by atoms with Crippen LogP contribution >= 0.6 is 11.3 Å². The van der Waals surface area contributed by atoms with E-state index in [4.69, 9.17) is 10.7 Å². The molecule has 1 atom stereocenters. The first-order valence-corrected chi connectivity index (χ1v) is 11.6. The Labute approximate surface area is 207 Å². The van der Waals surface area contributed by atoms with E-state index in [2.05, 4.69) is 12.2 Å². The van der Waals surface area contributed by atoms with E-state index in [1.54, 1.807) is 18.2 Å². The second-order valence-electron chi connectivity index (χ2n) is 7.98. The van der Waals surface area contributed by atoms with Gasteiger partial charge >= 0.3 is 5.00 Å². The molecule has 4 N–H and O–H groups in total. The molecule has 10 heteroatoms. The lowest BCUT2D eigenvalue weighted by Crippen LogP contribution is -3.11. The van der Waals surface area contributed by atoms with E-state index in [0.717, 1.165) is 33.3 Å². The van der Waals surface area contributed by atoms with E-state index in [0.29, 0.717) is 36.4 Å². The molecular formula is C24H26ClN5O3S. The number of hydrogen-bond donors (Lipinski definition) is 3. The number of aromatic nitrogens is 1. The number of nitrogens with one attached hydrogen (secondary N) is 2. The monoisotopic (exact) mass is 499 g/mol.